The molecule has 0 unspecified atom stereocenters. The standard InChI is InChI=1S/C26H31N7O/c1-28-16-22(15-27)18-4-5-20-17-30-24(13-21(20)12-18)31-26(34)19-6-9-29-25(14-19)33(3)23-7-10-32(2)11-8-23/h4-6,9,12-17,23H,7-8,10-11,27H2,1-3H3,(H,30,31,34). The Morgan fingerprint density at radius 3 is 2.68 bits per heavy atom. The summed E-state index contributed by atoms with van der Waals surface area (Å²) in [4.78, 5) is 30.5. The van der Waals surface area contributed by atoms with E-state index in [1.54, 1.807) is 31.7 Å². The highest BCUT2D eigenvalue weighted by Gasteiger charge is 2.22. The quantitative estimate of drug-likeness (QED) is 0.550. The van der Waals surface area contributed by atoms with Crippen molar-refractivity contribution < 1.29 is 4.79 Å². The second-order valence-corrected chi connectivity index (χ2v) is 8.64. The number of likely N-dealkylation sites (tertiary alicyclic amines) is 1. The first-order valence-corrected chi connectivity index (χ1v) is 11.4. The second kappa shape index (κ2) is 10.4. The summed E-state index contributed by atoms with van der Waals surface area (Å²) in [5, 5.41) is 4.84. The number of aromatic nitrogens is 2. The Bertz CT molecular complexity index is 1230. The third-order valence-corrected chi connectivity index (χ3v) is 6.35. The molecule has 0 saturated carbocycles. The lowest BCUT2D eigenvalue weighted by Gasteiger charge is -2.35. The summed E-state index contributed by atoms with van der Waals surface area (Å²) in [5.74, 6) is 1.07. The van der Waals surface area contributed by atoms with Crippen molar-refractivity contribution in [3.05, 3.63) is 66.1 Å². The molecule has 0 atom stereocenters. The van der Waals surface area contributed by atoms with E-state index in [9.17, 15) is 4.79 Å². The normalized spacial score (nSPS) is 15.7. The first-order chi connectivity index (χ1) is 16.5. The molecule has 1 amide bonds. The second-order valence-electron chi connectivity index (χ2n) is 8.64. The number of pyridine rings is 2. The number of hydrogen-bond acceptors (Lipinski definition) is 7. The Balaban J connectivity index is 1.52. The van der Waals surface area contributed by atoms with Crippen LogP contribution >= 0.6 is 0 Å². The van der Waals surface area contributed by atoms with Crippen LogP contribution < -0.4 is 16.0 Å². The maximum atomic E-state index is 13.0. The summed E-state index contributed by atoms with van der Waals surface area (Å²) in [6, 6.07) is 11.8. The summed E-state index contributed by atoms with van der Waals surface area (Å²) >= 11 is 0. The van der Waals surface area contributed by atoms with Gasteiger partial charge < -0.3 is 20.9 Å². The van der Waals surface area contributed by atoms with Gasteiger partial charge in [0.2, 0.25) is 0 Å². The first-order valence-electron chi connectivity index (χ1n) is 11.4. The molecule has 0 spiro atoms. The topological polar surface area (TPSA) is 99.7 Å². The van der Waals surface area contributed by atoms with Crippen molar-refractivity contribution in [3.63, 3.8) is 0 Å². The molecule has 1 aliphatic rings. The fourth-order valence-corrected chi connectivity index (χ4v) is 4.25. The molecule has 0 bridgehead atoms. The zero-order chi connectivity index (χ0) is 24.1. The summed E-state index contributed by atoms with van der Waals surface area (Å²) < 4.78 is 0. The number of amides is 1. The molecule has 3 aromatic rings. The molecule has 0 aliphatic carbocycles. The van der Waals surface area contributed by atoms with Gasteiger partial charge in [-0.05, 0) is 68.2 Å². The lowest BCUT2D eigenvalue weighted by Crippen LogP contribution is -2.42. The Kier molecular flexibility index (Phi) is 7.18. The van der Waals surface area contributed by atoms with Crippen LogP contribution in [0.15, 0.2) is 60.0 Å². The summed E-state index contributed by atoms with van der Waals surface area (Å²) in [6.07, 6.45) is 8.85. The molecule has 3 heterocycles. The highest BCUT2D eigenvalue weighted by Crippen LogP contribution is 2.23. The van der Waals surface area contributed by atoms with Gasteiger partial charge in [0, 0.05) is 61.5 Å². The fourth-order valence-electron chi connectivity index (χ4n) is 4.25. The average Bonchev–Trinajstić information content (AvgIpc) is 2.87. The average molecular weight is 458 g/mol. The van der Waals surface area contributed by atoms with Gasteiger partial charge in [0.05, 0.1) is 0 Å². The minimum absolute atomic E-state index is 0.218. The van der Waals surface area contributed by atoms with E-state index in [0.717, 1.165) is 53.7 Å². The molecule has 1 fully saturated rings. The van der Waals surface area contributed by atoms with Gasteiger partial charge >= 0.3 is 0 Å². The summed E-state index contributed by atoms with van der Waals surface area (Å²) in [7, 11) is 5.91. The van der Waals surface area contributed by atoms with Gasteiger partial charge in [0.25, 0.3) is 5.91 Å². The molecular weight excluding hydrogens is 426 g/mol. The maximum Gasteiger partial charge on any atom is 0.257 e. The fraction of sp³-hybridized carbons (Fsp3) is 0.308. The Morgan fingerprint density at radius 1 is 1.15 bits per heavy atom. The van der Waals surface area contributed by atoms with E-state index >= 15 is 0 Å². The van der Waals surface area contributed by atoms with Crippen LogP contribution in [-0.4, -0.2) is 67.3 Å². The largest absolute Gasteiger partial charge is 0.404 e. The molecule has 4 rings (SSSR count). The number of fused-ring (bicyclic) bond motifs is 1. The number of carbonyl (C=O) groups is 1. The molecule has 8 heteroatoms. The minimum atomic E-state index is -0.218. The van der Waals surface area contributed by atoms with Gasteiger partial charge in [0.1, 0.15) is 11.6 Å². The minimum Gasteiger partial charge on any atom is -0.404 e. The monoisotopic (exact) mass is 457 g/mol. The van der Waals surface area contributed by atoms with E-state index in [1.165, 1.54) is 6.20 Å². The van der Waals surface area contributed by atoms with Crippen molar-refractivity contribution in [1.29, 1.82) is 0 Å². The number of nitrogens with one attached hydrogen (secondary N) is 1. The van der Waals surface area contributed by atoms with Crippen LogP contribution in [0.3, 0.4) is 0 Å². The SMILES string of the molecule is CN=CC(=CN)c1ccc2cnc(NC(=O)c3ccnc(N(C)C4CCN(C)CC4)c3)cc2c1. The number of benzene rings is 1. The van der Waals surface area contributed by atoms with Crippen molar-refractivity contribution in [2.75, 3.05) is 44.4 Å². The Hall–Kier alpha value is -3.78. The van der Waals surface area contributed by atoms with E-state index in [-0.39, 0.29) is 5.91 Å². The van der Waals surface area contributed by atoms with Gasteiger partial charge in [-0.25, -0.2) is 9.97 Å². The predicted octanol–water partition coefficient (Wildman–Crippen LogP) is 3.41. The third kappa shape index (κ3) is 5.23. The molecule has 3 N–H and O–H groups in total. The molecule has 1 aromatic carbocycles. The van der Waals surface area contributed by atoms with Crippen LogP contribution in [0.25, 0.3) is 16.3 Å². The van der Waals surface area contributed by atoms with Crippen LogP contribution in [0.1, 0.15) is 28.8 Å². The number of anilines is 2. The summed E-state index contributed by atoms with van der Waals surface area (Å²) in [5.41, 5.74) is 8.07. The van der Waals surface area contributed by atoms with E-state index < -0.39 is 0 Å². The van der Waals surface area contributed by atoms with Gasteiger partial charge in [-0.2, -0.15) is 0 Å². The zero-order valence-electron chi connectivity index (χ0n) is 19.9. The number of piperidine rings is 1. The number of rotatable bonds is 6. The molecule has 1 saturated heterocycles. The van der Waals surface area contributed by atoms with Gasteiger partial charge in [-0.15, -0.1) is 0 Å². The highest BCUT2D eigenvalue weighted by molar-refractivity contribution is 6.11. The van der Waals surface area contributed by atoms with Crippen LogP contribution in [0.5, 0.6) is 0 Å². The number of hydrogen-bond donors (Lipinski definition) is 2. The number of carbonyl (C=O) groups excluding carboxylic acids is 1. The Labute approximate surface area is 200 Å². The number of nitrogens with two attached hydrogens (primary N) is 1. The van der Waals surface area contributed by atoms with Gasteiger partial charge in [0.15, 0.2) is 0 Å². The van der Waals surface area contributed by atoms with Crippen molar-refractivity contribution in [2.24, 2.45) is 10.7 Å². The van der Waals surface area contributed by atoms with Crippen molar-refractivity contribution in [2.45, 2.75) is 18.9 Å². The molecule has 0 radical (unpaired) electrons. The number of aliphatic imine (C=N–C) groups is 1. The lowest BCUT2D eigenvalue weighted by atomic mass is 10.0. The van der Waals surface area contributed by atoms with Crippen LogP contribution in [0, 0.1) is 0 Å². The Morgan fingerprint density at radius 2 is 1.94 bits per heavy atom. The number of allylic oxidation sites excluding steroid dienone is 1. The zero-order valence-corrected chi connectivity index (χ0v) is 19.9. The molecule has 2 aromatic heterocycles. The molecule has 176 valence electrons. The van der Waals surface area contributed by atoms with Crippen molar-refractivity contribution in [1.82, 2.24) is 14.9 Å². The molecule has 8 nitrogen and oxygen atoms in total. The van der Waals surface area contributed by atoms with E-state index in [2.05, 4.69) is 44.2 Å². The third-order valence-electron chi connectivity index (χ3n) is 6.35. The lowest BCUT2D eigenvalue weighted by molar-refractivity contribution is 0.102. The van der Waals surface area contributed by atoms with E-state index in [4.69, 9.17) is 5.73 Å². The van der Waals surface area contributed by atoms with Crippen LogP contribution in [-0.2, 0) is 0 Å². The highest BCUT2D eigenvalue weighted by atomic mass is 16.1. The number of nitrogens with zero attached hydrogens (tertiary/aromatic N) is 5. The molecule has 1 aliphatic heterocycles. The van der Waals surface area contributed by atoms with Crippen molar-refractivity contribution in [3.8, 4) is 0 Å². The predicted molar refractivity (Wildman–Crippen MR) is 139 cm³/mol. The van der Waals surface area contributed by atoms with E-state index in [0.29, 0.717) is 17.4 Å². The van der Waals surface area contributed by atoms with E-state index in [1.807, 2.05) is 30.3 Å². The maximum absolute atomic E-state index is 13.0. The first kappa shape index (κ1) is 23.4. The van der Waals surface area contributed by atoms with Gasteiger partial charge in [-0.3, -0.25) is 9.79 Å². The van der Waals surface area contributed by atoms with Crippen LogP contribution in [0.4, 0.5) is 11.6 Å². The van der Waals surface area contributed by atoms with Crippen LogP contribution in [0.2, 0.25) is 0 Å². The summed E-state index contributed by atoms with van der Waals surface area (Å²) in [6.45, 7) is 2.14. The van der Waals surface area contributed by atoms with Gasteiger partial charge in [-0.1, -0.05) is 12.1 Å². The smallest absolute Gasteiger partial charge is 0.257 e. The molecular formula is C26H31N7O. The molecule has 34 heavy (non-hydrogen) atoms. The van der Waals surface area contributed by atoms with Crippen molar-refractivity contribution >= 4 is 40.1 Å².